The predicted molar refractivity (Wildman–Crippen MR) is 137 cm³/mol. The molecule has 0 atom stereocenters. The van der Waals surface area contributed by atoms with E-state index in [1.165, 1.54) is 36.4 Å². The van der Waals surface area contributed by atoms with Crippen molar-refractivity contribution < 1.29 is 19.7 Å². The van der Waals surface area contributed by atoms with Crippen LogP contribution in [0.5, 0.6) is 0 Å². The van der Waals surface area contributed by atoms with Gasteiger partial charge in [0.2, 0.25) is 0 Å². The number of carboxylic acid groups (broad SMARTS) is 1. The molecule has 0 bridgehead atoms. The van der Waals surface area contributed by atoms with Crippen LogP contribution in [-0.2, 0) is 0 Å². The van der Waals surface area contributed by atoms with Crippen LogP contribution in [0, 0.1) is 20.2 Å². The van der Waals surface area contributed by atoms with Crippen molar-refractivity contribution in [3.63, 3.8) is 0 Å². The number of hydrogen-bond acceptors (Lipinski definition) is 9. The normalized spacial score (nSPS) is 10.5. The maximum absolute atomic E-state index is 12.3. The number of rotatable bonds is 10. The second-order valence-electron chi connectivity index (χ2n) is 7.77. The Kier molecular flexibility index (Phi) is 7.29. The molecule has 4 rings (SSSR count). The number of nitro groups is 2. The van der Waals surface area contributed by atoms with Crippen molar-refractivity contribution in [1.82, 2.24) is 9.97 Å². The number of pyridine rings is 2. The van der Waals surface area contributed by atoms with Crippen molar-refractivity contribution in [2.24, 2.45) is 0 Å². The van der Waals surface area contributed by atoms with Crippen molar-refractivity contribution in [2.45, 2.75) is 0 Å². The van der Waals surface area contributed by atoms with E-state index in [1.54, 1.807) is 30.3 Å². The average Bonchev–Trinajstić information content (AvgIpc) is 2.91. The Hall–Kier alpha value is -5.39. The molecule has 4 aromatic rings. The van der Waals surface area contributed by atoms with Gasteiger partial charge in [0.1, 0.15) is 17.8 Å². The number of non-ortho nitro benzene ring substituents is 1. The van der Waals surface area contributed by atoms with Crippen LogP contribution >= 0.6 is 0 Å². The topological polar surface area (TPSA) is 173 Å². The van der Waals surface area contributed by atoms with Gasteiger partial charge in [-0.3, -0.25) is 20.2 Å². The smallest absolute Gasteiger partial charge is 0.338 e. The lowest BCUT2D eigenvalue weighted by Crippen LogP contribution is -2.16. The molecule has 0 aliphatic carbocycles. The molecule has 2 aromatic carbocycles. The quantitative estimate of drug-likeness (QED) is 0.155. The molecule has 3 N–H and O–H groups in total. The van der Waals surface area contributed by atoms with Crippen LogP contribution in [0.2, 0.25) is 0 Å². The minimum Gasteiger partial charge on any atom is -0.478 e. The van der Waals surface area contributed by atoms with E-state index in [-0.39, 0.29) is 22.6 Å². The Bertz CT molecular complexity index is 1440. The number of hydrogen-bond donors (Lipinski definition) is 3. The van der Waals surface area contributed by atoms with Gasteiger partial charge in [0.15, 0.2) is 0 Å². The monoisotopic (exact) mass is 500 g/mol. The van der Waals surface area contributed by atoms with E-state index in [0.717, 1.165) is 6.20 Å². The van der Waals surface area contributed by atoms with Crippen molar-refractivity contribution in [3.05, 3.63) is 105 Å². The first-order chi connectivity index (χ1) is 17.8. The van der Waals surface area contributed by atoms with Gasteiger partial charge in [0.05, 0.1) is 21.1 Å². The molecule has 0 unspecified atom stereocenters. The van der Waals surface area contributed by atoms with E-state index in [4.69, 9.17) is 0 Å². The van der Waals surface area contributed by atoms with Gasteiger partial charge in [-0.25, -0.2) is 14.8 Å². The zero-order chi connectivity index (χ0) is 26.4. The van der Waals surface area contributed by atoms with Gasteiger partial charge < -0.3 is 15.7 Å². The molecule has 0 saturated heterocycles. The van der Waals surface area contributed by atoms with E-state index in [1.807, 2.05) is 6.07 Å². The SMILES string of the molecule is O=C(O)c1c(-c2ccccc2)cc(NCCNc2ccc([N+](=O)[O-])cn2)nc1-c1ccc([N+](=O)[O-])cc1. The summed E-state index contributed by atoms with van der Waals surface area (Å²) in [5.74, 6) is -0.328. The second-order valence-corrected chi connectivity index (χ2v) is 7.77. The van der Waals surface area contributed by atoms with Gasteiger partial charge in [0, 0.05) is 42.4 Å². The summed E-state index contributed by atoms with van der Waals surface area (Å²) >= 11 is 0. The molecule has 2 aromatic heterocycles. The fraction of sp³-hybridized carbons (Fsp3) is 0.0800. The molecule has 0 aliphatic heterocycles. The van der Waals surface area contributed by atoms with Gasteiger partial charge in [-0.1, -0.05) is 30.3 Å². The zero-order valence-electron chi connectivity index (χ0n) is 19.2. The molecular formula is C25H20N6O6. The number of carboxylic acids is 1. The summed E-state index contributed by atoms with van der Waals surface area (Å²) in [6, 6.07) is 19.0. The Balaban J connectivity index is 1.63. The lowest BCUT2D eigenvalue weighted by atomic mass is 9.95. The Morgan fingerprint density at radius 1 is 0.811 bits per heavy atom. The third-order valence-corrected chi connectivity index (χ3v) is 5.37. The average molecular weight is 500 g/mol. The number of nitrogens with zero attached hydrogens (tertiary/aromatic N) is 4. The van der Waals surface area contributed by atoms with E-state index >= 15 is 0 Å². The fourth-order valence-electron chi connectivity index (χ4n) is 3.63. The first kappa shape index (κ1) is 24.7. The van der Waals surface area contributed by atoms with Crippen LogP contribution in [0.15, 0.2) is 79.0 Å². The molecule has 12 nitrogen and oxygen atoms in total. The summed E-state index contributed by atoms with van der Waals surface area (Å²) in [5, 5.41) is 38.1. The van der Waals surface area contributed by atoms with Crippen LogP contribution in [0.25, 0.3) is 22.4 Å². The molecule has 0 fully saturated rings. The number of nitro benzene ring substituents is 1. The lowest BCUT2D eigenvalue weighted by molar-refractivity contribution is -0.385. The third-order valence-electron chi connectivity index (χ3n) is 5.37. The summed E-state index contributed by atoms with van der Waals surface area (Å²) in [6.07, 6.45) is 1.16. The van der Waals surface area contributed by atoms with E-state index in [9.17, 15) is 30.1 Å². The summed E-state index contributed by atoms with van der Waals surface area (Å²) < 4.78 is 0. The van der Waals surface area contributed by atoms with Crippen LogP contribution in [-0.4, -0.2) is 44.0 Å². The largest absolute Gasteiger partial charge is 0.478 e. The van der Waals surface area contributed by atoms with Gasteiger partial charge in [0.25, 0.3) is 11.4 Å². The second kappa shape index (κ2) is 10.9. The molecule has 0 aliphatic rings. The molecule has 0 amide bonds. The summed E-state index contributed by atoms with van der Waals surface area (Å²) in [5.41, 5.74) is 1.42. The number of anilines is 2. The number of aromatic nitrogens is 2. The van der Waals surface area contributed by atoms with Crippen LogP contribution in [0.3, 0.4) is 0 Å². The highest BCUT2D eigenvalue weighted by Crippen LogP contribution is 2.34. The Morgan fingerprint density at radius 2 is 1.43 bits per heavy atom. The standard InChI is InChI=1S/C25H20N6O6/c32-25(33)23-20(16-4-2-1-3-5-16)14-22(29-24(23)17-6-8-18(9-7-17)30(34)35)27-13-12-26-21-11-10-19(15-28-21)31(36)37/h1-11,14-15H,12-13H2,(H,26,28)(H,27,29)(H,32,33). The first-order valence-corrected chi connectivity index (χ1v) is 11.0. The first-order valence-electron chi connectivity index (χ1n) is 11.0. The summed E-state index contributed by atoms with van der Waals surface area (Å²) in [4.78, 5) is 41.6. The number of nitrogens with one attached hydrogen (secondary N) is 2. The molecule has 0 radical (unpaired) electrons. The minimum absolute atomic E-state index is 0.0289. The van der Waals surface area contributed by atoms with Gasteiger partial charge >= 0.3 is 5.97 Å². The predicted octanol–water partition coefficient (Wildman–Crippen LogP) is 4.85. The van der Waals surface area contributed by atoms with E-state index < -0.39 is 15.8 Å². The zero-order valence-corrected chi connectivity index (χ0v) is 19.2. The van der Waals surface area contributed by atoms with Gasteiger partial charge in [-0.2, -0.15) is 0 Å². The number of carbonyl (C=O) groups is 1. The Labute approximate surface area is 209 Å². The maximum Gasteiger partial charge on any atom is 0.338 e. The molecule has 186 valence electrons. The summed E-state index contributed by atoms with van der Waals surface area (Å²) in [6.45, 7) is 0.757. The summed E-state index contributed by atoms with van der Waals surface area (Å²) in [7, 11) is 0. The maximum atomic E-state index is 12.3. The van der Waals surface area contributed by atoms with Gasteiger partial charge in [-0.15, -0.1) is 0 Å². The molecule has 2 heterocycles. The van der Waals surface area contributed by atoms with E-state index in [2.05, 4.69) is 20.6 Å². The van der Waals surface area contributed by atoms with Crippen molar-refractivity contribution in [3.8, 4) is 22.4 Å². The molecule has 12 heteroatoms. The van der Waals surface area contributed by atoms with Crippen molar-refractivity contribution in [2.75, 3.05) is 23.7 Å². The van der Waals surface area contributed by atoms with E-state index in [0.29, 0.717) is 41.4 Å². The highest BCUT2D eigenvalue weighted by atomic mass is 16.6. The molecule has 0 saturated carbocycles. The third kappa shape index (κ3) is 5.82. The van der Waals surface area contributed by atoms with Crippen LogP contribution in [0.4, 0.5) is 23.0 Å². The molecular weight excluding hydrogens is 480 g/mol. The highest BCUT2D eigenvalue weighted by molar-refractivity contribution is 6.02. The number of benzene rings is 2. The van der Waals surface area contributed by atoms with Crippen LogP contribution in [0.1, 0.15) is 10.4 Å². The Morgan fingerprint density at radius 3 is 2.00 bits per heavy atom. The highest BCUT2D eigenvalue weighted by Gasteiger charge is 2.22. The van der Waals surface area contributed by atoms with Crippen molar-refractivity contribution >= 4 is 29.0 Å². The minimum atomic E-state index is -1.18. The fourth-order valence-corrected chi connectivity index (χ4v) is 3.63. The van der Waals surface area contributed by atoms with Crippen molar-refractivity contribution in [1.29, 1.82) is 0 Å². The van der Waals surface area contributed by atoms with Gasteiger partial charge in [-0.05, 0) is 29.8 Å². The van der Waals surface area contributed by atoms with Crippen LogP contribution < -0.4 is 10.6 Å². The molecule has 0 spiro atoms. The lowest BCUT2D eigenvalue weighted by Gasteiger charge is -2.15. The number of aromatic carboxylic acids is 1. The molecule has 37 heavy (non-hydrogen) atoms.